The Balaban J connectivity index is 2.13. The largest absolute Gasteiger partial charge is 0.381 e. The van der Waals surface area contributed by atoms with Gasteiger partial charge < -0.3 is 10.3 Å². The van der Waals surface area contributed by atoms with Gasteiger partial charge in [0.2, 0.25) is 0 Å². The van der Waals surface area contributed by atoms with Crippen molar-refractivity contribution in [1.82, 2.24) is 5.16 Å². The Kier molecular flexibility index (Phi) is 2.02. The Hall–Kier alpha value is -0.990. The summed E-state index contributed by atoms with van der Waals surface area (Å²) < 4.78 is 4.82. The van der Waals surface area contributed by atoms with Gasteiger partial charge in [0.15, 0.2) is 5.82 Å². The number of nitrogens with zero attached hydrogens (tertiary/aromatic N) is 1. The number of aromatic nitrogens is 1. The Morgan fingerprint density at radius 3 is 2.67 bits per heavy atom. The Morgan fingerprint density at radius 2 is 2.08 bits per heavy atom. The highest BCUT2D eigenvalue weighted by Crippen LogP contribution is 2.34. The third kappa shape index (κ3) is 1.31. The zero-order valence-corrected chi connectivity index (χ0v) is 7.12. The van der Waals surface area contributed by atoms with Gasteiger partial charge in [-0.3, -0.25) is 0 Å². The second-order valence-corrected chi connectivity index (χ2v) is 3.49. The van der Waals surface area contributed by atoms with Gasteiger partial charge in [0, 0.05) is 5.56 Å². The third-order valence-corrected chi connectivity index (χ3v) is 2.67. The van der Waals surface area contributed by atoms with Crippen LogP contribution >= 0.6 is 0 Å². The molecule has 1 aliphatic rings. The van der Waals surface area contributed by atoms with Crippen LogP contribution in [0.2, 0.25) is 0 Å². The predicted octanol–water partition coefficient (Wildman–Crippen LogP) is 2.30. The number of rotatable bonds is 1. The molecule has 66 valence electrons. The fourth-order valence-corrected chi connectivity index (χ4v) is 1.97. The molecule has 1 saturated carbocycles. The molecule has 0 saturated heterocycles. The summed E-state index contributed by atoms with van der Waals surface area (Å²) in [4.78, 5) is 0. The van der Waals surface area contributed by atoms with Crippen molar-refractivity contribution >= 4 is 5.82 Å². The second kappa shape index (κ2) is 3.17. The number of nitrogen functional groups attached to an aromatic ring is 1. The average molecular weight is 166 g/mol. The molecule has 2 N–H and O–H groups in total. The molecule has 1 fully saturated rings. The van der Waals surface area contributed by atoms with Crippen molar-refractivity contribution in [2.24, 2.45) is 0 Å². The first kappa shape index (κ1) is 7.65. The molecule has 3 heteroatoms. The molecule has 1 heterocycles. The fraction of sp³-hybridized carbons (Fsp3) is 0.667. The van der Waals surface area contributed by atoms with Gasteiger partial charge in [-0.2, -0.15) is 0 Å². The van der Waals surface area contributed by atoms with Gasteiger partial charge in [0.05, 0.1) is 0 Å². The summed E-state index contributed by atoms with van der Waals surface area (Å²) in [7, 11) is 0. The Bertz CT molecular complexity index is 251. The van der Waals surface area contributed by atoms with Gasteiger partial charge in [-0.15, -0.1) is 0 Å². The summed E-state index contributed by atoms with van der Waals surface area (Å²) in [6, 6.07) is 0. The molecule has 1 aromatic heterocycles. The zero-order valence-electron chi connectivity index (χ0n) is 7.12. The molecule has 0 bridgehead atoms. The van der Waals surface area contributed by atoms with Crippen LogP contribution in [0.15, 0.2) is 10.8 Å². The third-order valence-electron chi connectivity index (χ3n) is 2.67. The zero-order chi connectivity index (χ0) is 8.39. The van der Waals surface area contributed by atoms with E-state index in [-0.39, 0.29) is 0 Å². The molecule has 3 nitrogen and oxygen atoms in total. The summed E-state index contributed by atoms with van der Waals surface area (Å²) in [6.45, 7) is 0. The van der Waals surface area contributed by atoms with Gasteiger partial charge in [-0.1, -0.05) is 24.4 Å². The van der Waals surface area contributed by atoms with E-state index < -0.39 is 0 Å². The maximum Gasteiger partial charge on any atom is 0.170 e. The van der Waals surface area contributed by atoms with Crippen LogP contribution in [0.4, 0.5) is 5.82 Å². The summed E-state index contributed by atoms with van der Waals surface area (Å²) in [5.41, 5.74) is 6.79. The molecule has 0 amide bonds. The monoisotopic (exact) mass is 166 g/mol. The van der Waals surface area contributed by atoms with E-state index in [0.717, 1.165) is 5.56 Å². The molecule has 2 rings (SSSR count). The fourth-order valence-electron chi connectivity index (χ4n) is 1.97. The lowest BCUT2D eigenvalue weighted by molar-refractivity contribution is 0.412. The van der Waals surface area contributed by atoms with Crippen LogP contribution in [0.1, 0.15) is 43.6 Å². The summed E-state index contributed by atoms with van der Waals surface area (Å²) in [6.07, 6.45) is 8.18. The summed E-state index contributed by atoms with van der Waals surface area (Å²) >= 11 is 0. The minimum absolute atomic E-state index is 0.585. The molecule has 0 spiro atoms. The highest BCUT2D eigenvalue weighted by molar-refractivity contribution is 5.38. The first-order valence-electron chi connectivity index (χ1n) is 4.57. The maximum absolute atomic E-state index is 5.67. The van der Waals surface area contributed by atoms with E-state index >= 15 is 0 Å². The van der Waals surface area contributed by atoms with E-state index in [2.05, 4.69) is 5.16 Å². The van der Waals surface area contributed by atoms with E-state index in [1.165, 1.54) is 32.1 Å². The standard InChI is InChI=1S/C9H14N2O/c10-9-8(6-12-11-9)7-4-2-1-3-5-7/h6-7H,1-5H2,(H2,10,11). The normalized spacial score (nSPS) is 19.7. The molecular formula is C9H14N2O. The quantitative estimate of drug-likeness (QED) is 0.696. The van der Waals surface area contributed by atoms with Crippen molar-refractivity contribution in [2.75, 3.05) is 5.73 Å². The molecule has 1 aliphatic carbocycles. The highest BCUT2D eigenvalue weighted by Gasteiger charge is 2.19. The van der Waals surface area contributed by atoms with Gasteiger partial charge in [-0.05, 0) is 18.8 Å². The van der Waals surface area contributed by atoms with Crippen LogP contribution < -0.4 is 5.73 Å². The van der Waals surface area contributed by atoms with Crippen LogP contribution in [0.25, 0.3) is 0 Å². The van der Waals surface area contributed by atoms with Crippen molar-refractivity contribution in [2.45, 2.75) is 38.0 Å². The maximum atomic E-state index is 5.67. The van der Waals surface area contributed by atoms with Crippen molar-refractivity contribution in [3.63, 3.8) is 0 Å². The lowest BCUT2D eigenvalue weighted by atomic mass is 9.85. The first-order valence-corrected chi connectivity index (χ1v) is 4.57. The van der Waals surface area contributed by atoms with E-state index in [0.29, 0.717) is 11.7 Å². The SMILES string of the molecule is Nc1nocc1C1CCCCC1. The van der Waals surface area contributed by atoms with Gasteiger partial charge >= 0.3 is 0 Å². The van der Waals surface area contributed by atoms with Crippen LogP contribution in [0, 0.1) is 0 Å². The lowest BCUT2D eigenvalue weighted by Gasteiger charge is -2.19. The topological polar surface area (TPSA) is 52.0 Å². The molecule has 0 radical (unpaired) electrons. The molecular weight excluding hydrogens is 152 g/mol. The van der Waals surface area contributed by atoms with Crippen LogP contribution in [0.3, 0.4) is 0 Å². The van der Waals surface area contributed by atoms with E-state index in [1.54, 1.807) is 6.26 Å². The Labute approximate surface area is 71.9 Å². The highest BCUT2D eigenvalue weighted by atomic mass is 16.5. The molecule has 12 heavy (non-hydrogen) atoms. The van der Waals surface area contributed by atoms with E-state index in [4.69, 9.17) is 10.3 Å². The minimum atomic E-state index is 0.585. The minimum Gasteiger partial charge on any atom is -0.381 e. The van der Waals surface area contributed by atoms with Crippen molar-refractivity contribution in [1.29, 1.82) is 0 Å². The molecule has 0 unspecified atom stereocenters. The number of nitrogens with two attached hydrogens (primary N) is 1. The summed E-state index contributed by atoms with van der Waals surface area (Å²) in [5.74, 6) is 1.19. The van der Waals surface area contributed by atoms with Crippen molar-refractivity contribution in [3.05, 3.63) is 11.8 Å². The molecule has 0 aliphatic heterocycles. The number of hydrogen-bond acceptors (Lipinski definition) is 3. The number of hydrogen-bond donors (Lipinski definition) is 1. The van der Waals surface area contributed by atoms with Gasteiger partial charge in [-0.25, -0.2) is 0 Å². The van der Waals surface area contributed by atoms with Gasteiger partial charge in [0.1, 0.15) is 6.26 Å². The smallest absolute Gasteiger partial charge is 0.170 e. The molecule has 1 aromatic rings. The second-order valence-electron chi connectivity index (χ2n) is 3.49. The van der Waals surface area contributed by atoms with Crippen molar-refractivity contribution in [3.8, 4) is 0 Å². The molecule has 0 aromatic carbocycles. The lowest BCUT2D eigenvalue weighted by Crippen LogP contribution is -2.05. The predicted molar refractivity (Wildman–Crippen MR) is 46.7 cm³/mol. The van der Waals surface area contributed by atoms with Crippen molar-refractivity contribution < 1.29 is 4.52 Å². The van der Waals surface area contributed by atoms with Crippen LogP contribution in [-0.2, 0) is 0 Å². The van der Waals surface area contributed by atoms with E-state index in [9.17, 15) is 0 Å². The Morgan fingerprint density at radius 1 is 1.33 bits per heavy atom. The van der Waals surface area contributed by atoms with Crippen LogP contribution in [0.5, 0.6) is 0 Å². The molecule has 0 atom stereocenters. The van der Waals surface area contributed by atoms with Crippen LogP contribution in [-0.4, -0.2) is 5.16 Å². The number of anilines is 1. The summed E-state index contributed by atoms with van der Waals surface area (Å²) in [5, 5.41) is 3.69. The van der Waals surface area contributed by atoms with Gasteiger partial charge in [0.25, 0.3) is 0 Å². The van der Waals surface area contributed by atoms with E-state index in [1.807, 2.05) is 0 Å². The average Bonchev–Trinajstić information content (AvgIpc) is 2.53. The first-order chi connectivity index (χ1) is 5.88.